The highest BCUT2D eigenvalue weighted by molar-refractivity contribution is 5.88. The molecule has 0 radical (unpaired) electrons. The molecule has 1 aromatic heterocycles. The van der Waals surface area contributed by atoms with Crippen LogP contribution in [0, 0.1) is 5.82 Å². The molecule has 7 nitrogen and oxygen atoms in total. The van der Waals surface area contributed by atoms with Crippen LogP contribution in [-0.4, -0.2) is 39.9 Å². The minimum absolute atomic E-state index is 0.00427. The van der Waals surface area contributed by atoms with Crippen molar-refractivity contribution in [2.45, 2.75) is 32.1 Å². The summed E-state index contributed by atoms with van der Waals surface area (Å²) in [7, 11) is 0. The average molecular weight is 422 g/mol. The smallest absolute Gasteiger partial charge is 0.231 e. The first-order valence-electron chi connectivity index (χ1n) is 10.2. The third-order valence-electron chi connectivity index (χ3n) is 5.30. The van der Waals surface area contributed by atoms with Gasteiger partial charge in [-0.2, -0.15) is 4.98 Å². The fraction of sp³-hybridized carbons (Fsp3) is 0.304. The van der Waals surface area contributed by atoms with Crippen LogP contribution in [0.15, 0.2) is 53.1 Å². The number of nitrogens with zero attached hydrogens (tertiary/aromatic N) is 3. The van der Waals surface area contributed by atoms with Crippen LogP contribution in [0.25, 0.3) is 11.4 Å². The maximum Gasteiger partial charge on any atom is 0.231 e. The SMILES string of the molecule is CC(=O)Nc1ccc(-c2noc(C3CCCN(C(=O)Cc4ccc(F)cc4)C3)n2)cc1. The van der Waals surface area contributed by atoms with Crippen molar-refractivity contribution in [2.75, 3.05) is 18.4 Å². The van der Waals surface area contributed by atoms with E-state index in [2.05, 4.69) is 15.5 Å². The van der Waals surface area contributed by atoms with E-state index in [-0.39, 0.29) is 30.0 Å². The minimum atomic E-state index is -0.314. The van der Waals surface area contributed by atoms with E-state index in [1.165, 1.54) is 19.1 Å². The van der Waals surface area contributed by atoms with Gasteiger partial charge in [0, 0.05) is 31.3 Å². The second-order valence-corrected chi connectivity index (χ2v) is 7.70. The van der Waals surface area contributed by atoms with Gasteiger partial charge < -0.3 is 14.7 Å². The van der Waals surface area contributed by atoms with E-state index in [9.17, 15) is 14.0 Å². The molecule has 2 heterocycles. The number of aromatic nitrogens is 2. The molecule has 1 aliphatic rings. The number of benzene rings is 2. The lowest BCUT2D eigenvalue weighted by Crippen LogP contribution is -2.40. The van der Waals surface area contributed by atoms with Crippen LogP contribution in [0.3, 0.4) is 0 Å². The van der Waals surface area contributed by atoms with Crippen LogP contribution < -0.4 is 5.32 Å². The molecule has 8 heteroatoms. The number of hydrogen-bond donors (Lipinski definition) is 1. The molecule has 1 unspecified atom stereocenters. The van der Waals surface area contributed by atoms with Crippen molar-refractivity contribution in [3.05, 3.63) is 65.8 Å². The van der Waals surface area contributed by atoms with Gasteiger partial charge in [-0.05, 0) is 54.8 Å². The zero-order valence-corrected chi connectivity index (χ0v) is 17.2. The molecular formula is C23H23FN4O3. The number of hydrogen-bond acceptors (Lipinski definition) is 5. The van der Waals surface area contributed by atoms with E-state index in [0.717, 1.165) is 24.0 Å². The third kappa shape index (κ3) is 5.14. The number of nitrogens with one attached hydrogen (secondary N) is 1. The summed E-state index contributed by atoms with van der Waals surface area (Å²) >= 11 is 0. The Balaban J connectivity index is 1.40. The van der Waals surface area contributed by atoms with Crippen LogP contribution in [0.2, 0.25) is 0 Å². The molecule has 4 rings (SSSR count). The maximum absolute atomic E-state index is 13.1. The summed E-state index contributed by atoms with van der Waals surface area (Å²) in [5.74, 6) is 0.520. The zero-order chi connectivity index (χ0) is 21.8. The van der Waals surface area contributed by atoms with Gasteiger partial charge in [-0.1, -0.05) is 17.3 Å². The second-order valence-electron chi connectivity index (χ2n) is 7.70. The number of likely N-dealkylation sites (tertiary alicyclic amines) is 1. The number of rotatable bonds is 5. The van der Waals surface area contributed by atoms with Gasteiger partial charge in [-0.25, -0.2) is 4.39 Å². The lowest BCUT2D eigenvalue weighted by atomic mass is 9.97. The molecule has 0 aliphatic carbocycles. The molecule has 1 fully saturated rings. The lowest BCUT2D eigenvalue weighted by Gasteiger charge is -2.31. The summed E-state index contributed by atoms with van der Waals surface area (Å²) in [5, 5.41) is 6.80. The second kappa shape index (κ2) is 9.07. The number of anilines is 1. The molecule has 1 aliphatic heterocycles. The predicted octanol–water partition coefficient (Wildman–Crippen LogP) is 3.78. The molecule has 2 aromatic carbocycles. The Kier molecular flexibility index (Phi) is 6.06. The molecule has 31 heavy (non-hydrogen) atoms. The molecule has 1 saturated heterocycles. The Morgan fingerprint density at radius 2 is 1.90 bits per heavy atom. The van der Waals surface area contributed by atoms with E-state index in [4.69, 9.17) is 4.52 Å². The van der Waals surface area contributed by atoms with Crippen LogP contribution in [0.5, 0.6) is 0 Å². The number of halogens is 1. The number of piperidine rings is 1. The summed E-state index contributed by atoms with van der Waals surface area (Å²) in [6, 6.07) is 13.2. The first-order valence-corrected chi connectivity index (χ1v) is 10.2. The van der Waals surface area contributed by atoms with Crippen molar-refractivity contribution in [3.63, 3.8) is 0 Å². The topological polar surface area (TPSA) is 88.3 Å². The van der Waals surface area contributed by atoms with E-state index in [1.54, 1.807) is 24.3 Å². The highest BCUT2D eigenvalue weighted by Gasteiger charge is 2.28. The van der Waals surface area contributed by atoms with Gasteiger partial charge in [-0.3, -0.25) is 9.59 Å². The van der Waals surface area contributed by atoms with Crippen LogP contribution in [0.1, 0.15) is 37.1 Å². The van der Waals surface area contributed by atoms with Crippen molar-refractivity contribution in [1.82, 2.24) is 15.0 Å². The van der Waals surface area contributed by atoms with E-state index in [0.29, 0.717) is 30.5 Å². The lowest BCUT2D eigenvalue weighted by molar-refractivity contribution is -0.131. The fourth-order valence-corrected chi connectivity index (χ4v) is 3.72. The number of carbonyl (C=O) groups is 2. The standard InChI is InChI=1S/C23H23FN4O3/c1-15(29)25-20-10-6-17(7-11-20)22-26-23(31-27-22)18-3-2-12-28(14-18)21(30)13-16-4-8-19(24)9-5-16/h4-11,18H,2-3,12-14H2,1H3,(H,25,29). The Bertz CT molecular complexity index is 1060. The Hall–Kier alpha value is -3.55. The van der Waals surface area contributed by atoms with Gasteiger partial charge >= 0.3 is 0 Å². The van der Waals surface area contributed by atoms with Crippen molar-refractivity contribution in [2.24, 2.45) is 0 Å². The first kappa shape index (κ1) is 20.7. The van der Waals surface area contributed by atoms with Gasteiger partial charge in [0.2, 0.25) is 23.5 Å². The van der Waals surface area contributed by atoms with Crippen molar-refractivity contribution < 1.29 is 18.5 Å². The quantitative estimate of drug-likeness (QED) is 0.676. The fourth-order valence-electron chi connectivity index (χ4n) is 3.72. The molecule has 3 aromatic rings. The molecule has 0 bridgehead atoms. The largest absolute Gasteiger partial charge is 0.342 e. The monoisotopic (exact) mass is 422 g/mol. The molecule has 1 N–H and O–H groups in total. The van der Waals surface area contributed by atoms with Gasteiger partial charge in [0.25, 0.3) is 0 Å². The number of amides is 2. The average Bonchev–Trinajstić information content (AvgIpc) is 3.26. The van der Waals surface area contributed by atoms with E-state index < -0.39 is 0 Å². The summed E-state index contributed by atoms with van der Waals surface area (Å²) in [5.41, 5.74) is 2.27. The number of carbonyl (C=O) groups excluding carboxylic acids is 2. The van der Waals surface area contributed by atoms with E-state index in [1.807, 2.05) is 17.0 Å². The normalized spacial score (nSPS) is 16.2. The van der Waals surface area contributed by atoms with Gasteiger partial charge in [-0.15, -0.1) is 0 Å². The van der Waals surface area contributed by atoms with Crippen LogP contribution in [-0.2, 0) is 16.0 Å². The Labute approximate surface area is 179 Å². The highest BCUT2D eigenvalue weighted by Crippen LogP contribution is 2.28. The minimum Gasteiger partial charge on any atom is -0.342 e. The Morgan fingerprint density at radius 3 is 2.61 bits per heavy atom. The van der Waals surface area contributed by atoms with Gasteiger partial charge in [0.05, 0.1) is 12.3 Å². The van der Waals surface area contributed by atoms with Gasteiger partial charge in [0.1, 0.15) is 5.82 Å². The summed E-state index contributed by atoms with van der Waals surface area (Å²) in [4.78, 5) is 30.2. The summed E-state index contributed by atoms with van der Waals surface area (Å²) < 4.78 is 18.6. The van der Waals surface area contributed by atoms with Crippen LogP contribution >= 0.6 is 0 Å². The third-order valence-corrected chi connectivity index (χ3v) is 5.30. The van der Waals surface area contributed by atoms with Crippen molar-refractivity contribution >= 4 is 17.5 Å². The predicted molar refractivity (Wildman–Crippen MR) is 113 cm³/mol. The molecule has 2 amide bonds. The molecular weight excluding hydrogens is 399 g/mol. The molecule has 1 atom stereocenters. The first-order chi connectivity index (χ1) is 15.0. The maximum atomic E-state index is 13.1. The molecule has 160 valence electrons. The van der Waals surface area contributed by atoms with Gasteiger partial charge in [0.15, 0.2) is 0 Å². The summed E-state index contributed by atoms with van der Waals surface area (Å²) in [6.45, 7) is 2.66. The van der Waals surface area contributed by atoms with Crippen molar-refractivity contribution in [3.8, 4) is 11.4 Å². The van der Waals surface area contributed by atoms with Crippen LogP contribution in [0.4, 0.5) is 10.1 Å². The van der Waals surface area contributed by atoms with Crippen molar-refractivity contribution in [1.29, 1.82) is 0 Å². The van der Waals surface area contributed by atoms with E-state index >= 15 is 0 Å². The zero-order valence-electron chi connectivity index (χ0n) is 17.2. The Morgan fingerprint density at radius 1 is 1.16 bits per heavy atom. The molecule has 0 spiro atoms. The molecule has 0 saturated carbocycles. The highest BCUT2D eigenvalue weighted by atomic mass is 19.1. The summed E-state index contributed by atoms with van der Waals surface area (Å²) in [6.07, 6.45) is 1.95.